The van der Waals surface area contributed by atoms with Crippen LogP contribution in [0, 0.1) is 20.8 Å². The molecule has 2 rings (SSSR count). The van der Waals surface area contributed by atoms with E-state index in [2.05, 4.69) is 42.5 Å². The summed E-state index contributed by atoms with van der Waals surface area (Å²) in [7, 11) is 2.01. The van der Waals surface area contributed by atoms with Crippen LogP contribution in [-0.4, -0.2) is 12.0 Å². The van der Waals surface area contributed by atoms with Gasteiger partial charge in [-0.05, 0) is 44.8 Å². The van der Waals surface area contributed by atoms with E-state index in [4.69, 9.17) is 0 Å². The van der Waals surface area contributed by atoms with Gasteiger partial charge in [-0.15, -0.1) is 22.7 Å². The van der Waals surface area contributed by atoms with Crippen LogP contribution in [0.25, 0.3) is 0 Å². The second-order valence-electron chi connectivity index (χ2n) is 3.87. The average molecular weight is 252 g/mol. The zero-order chi connectivity index (χ0) is 11.7. The van der Waals surface area contributed by atoms with E-state index < -0.39 is 0 Å². The Morgan fingerprint density at radius 3 is 2.44 bits per heavy atom. The highest BCUT2D eigenvalue weighted by atomic mass is 32.1. The highest BCUT2D eigenvalue weighted by Crippen LogP contribution is 2.33. The molecule has 0 bridgehead atoms. The molecule has 0 saturated heterocycles. The first-order valence-corrected chi connectivity index (χ1v) is 6.98. The molecule has 2 heterocycles. The number of rotatable bonds is 3. The molecule has 1 unspecified atom stereocenters. The molecule has 0 aromatic carbocycles. The fourth-order valence-electron chi connectivity index (χ4n) is 1.88. The number of aromatic nitrogens is 1. The summed E-state index contributed by atoms with van der Waals surface area (Å²) in [5.74, 6) is 0. The maximum atomic E-state index is 4.50. The van der Waals surface area contributed by atoms with E-state index in [0.717, 1.165) is 10.7 Å². The minimum Gasteiger partial charge on any atom is -0.308 e. The normalized spacial score (nSPS) is 13.0. The van der Waals surface area contributed by atoms with Crippen molar-refractivity contribution in [3.63, 3.8) is 0 Å². The maximum Gasteiger partial charge on any atom is 0.0900 e. The number of hydrogen-bond donors (Lipinski definition) is 1. The van der Waals surface area contributed by atoms with E-state index in [0.29, 0.717) is 6.04 Å². The van der Waals surface area contributed by atoms with E-state index in [-0.39, 0.29) is 0 Å². The van der Waals surface area contributed by atoms with Crippen molar-refractivity contribution in [3.8, 4) is 0 Å². The van der Waals surface area contributed by atoms with Gasteiger partial charge in [0.1, 0.15) is 0 Å². The fourth-order valence-corrected chi connectivity index (χ4v) is 4.04. The molecule has 86 valence electrons. The first kappa shape index (κ1) is 11.8. The molecule has 0 amide bonds. The number of nitrogens with zero attached hydrogens (tertiary/aromatic N) is 1. The molecular formula is C12H16N2S2. The first-order chi connectivity index (χ1) is 7.63. The zero-order valence-electron chi connectivity index (χ0n) is 10.00. The fraction of sp³-hybridized carbons (Fsp3) is 0.417. The van der Waals surface area contributed by atoms with Crippen molar-refractivity contribution in [2.45, 2.75) is 26.8 Å². The largest absolute Gasteiger partial charge is 0.308 e. The van der Waals surface area contributed by atoms with Gasteiger partial charge in [0.25, 0.3) is 0 Å². The number of thiazole rings is 1. The molecule has 2 aromatic heterocycles. The molecule has 0 spiro atoms. The third-order valence-corrected chi connectivity index (χ3v) is 4.88. The van der Waals surface area contributed by atoms with Gasteiger partial charge in [-0.3, -0.25) is 0 Å². The monoisotopic (exact) mass is 252 g/mol. The highest BCUT2D eigenvalue weighted by molar-refractivity contribution is 7.12. The van der Waals surface area contributed by atoms with Crippen molar-refractivity contribution >= 4 is 22.7 Å². The van der Waals surface area contributed by atoms with Crippen LogP contribution in [0.5, 0.6) is 0 Å². The zero-order valence-corrected chi connectivity index (χ0v) is 11.6. The highest BCUT2D eigenvalue weighted by Gasteiger charge is 2.20. The van der Waals surface area contributed by atoms with Crippen LogP contribution in [-0.2, 0) is 0 Å². The molecule has 0 radical (unpaired) electrons. The summed E-state index contributed by atoms with van der Waals surface area (Å²) < 4.78 is 0. The molecule has 0 aliphatic heterocycles. The third-order valence-electron chi connectivity index (χ3n) is 2.65. The number of thiophene rings is 1. The van der Waals surface area contributed by atoms with Gasteiger partial charge >= 0.3 is 0 Å². The standard InChI is InChI=1S/C12H16N2S2/c1-7-5-6-15-11(7)10(13-4)12-8(2)14-9(3)16-12/h5-6,10,13H,1-4H3. The van der Waals surface area contributed by atoms with Crippen LogP contribution in [0.2, 0.25) is 0 Å². The molecule has 16 heavy (non-hydrogen) atoms. The molecule has 2 aromatic rings. The molecular weight excluding hydrogens is 236 g/mol. The predicted octanol–water partition coefficient (Wildman–Crippen LogP) is 3.44. The molecule has 0 aliphatic rings. The van der Waals surface area contributed by atoms with Gasteiger partial charge in [-0.25, -0.2) is 4.98 Å². The molecule has 2 nitrogen and oxygen atoms in total. The summed E-state index contributed by atoms with van der Waals surface area (Å²) in [5.41, 5.74) is 2.50. The summed E-state index contributed by atoms with van der Waals surface area (Å²) in [6, 6.07) is 2.47. The van der Waals surface area contributed by atoms with Gasteiger partial charge < -0.3 is 5.32 Å². The van der Waals surface area contributed by atoms with Gasteiger partial charge in [-0.2, -0.15) is 0 Å². The Bertz CT molecular complexity index is 485. The Hall–Kier alpha value is -0.710. The van der Waals surface area contributed by atoms with E-state index in [1.165, 1.54) is 15.3 Å². The van der Waals surface area contributed by atoms with Crippen molar-refractivity contribution in [1.29, 1.82) is 0 Å². The molecule has 0 fully saturated rings. The van der Waals surface area contributed by atoms with Gasteiger partial charge in [0.15, 0.2) is 0 Å². The number of aryl methyl sites for hydroxylation is 3. The van der Waals surface area contributed by atoms with Crippen LogP contribution in [0.3, 0.4) is 0 Å². The van der Waals surface area contributed by atoms with Gasteiger partial charge in [0.05, 0.1) is 16.7 Å². The van der Waals surface area contributed by atoms with E-state index in [9.17, 15) is 0 Å². The quantitative estimate of drug-likeness (QED) is 0.905. The van der Waals surface area contributed by atoms with E-state index in [1.807, 2.05) is 18.4 Å². The van der Waals surface area contributed by atoms with Gasteiger partial charge in [0.2, 0.25) is 0 Å². The Kier molecular flexibility index (Phi) is 3.42. The number of nitrogens with one attached hydrogen (secondary N) is 1. The lowest BCUT2D eigenvalue weighted by Gasteiger charge is -2.14. The lowest BCUT2D eigenvalue weighted by atomic mass is 10.1. The van der Waals surface area contributed by atoms with Crippen LogP contribution in [0.4, 0.5) is 0 Å². The Labute approximate surface area is 104 Å². The van der Waals surface area contributed by atoms with Crippen molar-refractivity contribution in [2.75, 3.05) is 7.05 Å². The minimum absolute atomic E-state index is 0.297. The smallest absolute Gasteiger partial charge is 0.0900 e. The van der Waals surface area contributed by atoms with E-state index in [1.54, 1.807) is 11.3 Å². The van der Waals surface area contributed by atoms with Gasteiger partial charge in [0, 0.05) is 9.75 Å². The summed E-state index contributed by atoms with van der Waals surface area (Å²) in [6.07, 6.45) is 0. The second kappa shape index (κ2) is 4.65. The van der Waals surface area contributed by atoms with Crippen LogP contribution >= 0.6 is 22.7 Å². The lowest BCUT2D eigenvalue weighted by Crippen LogP contribution is -2.17. The third kappa shape index (κ3) is 2.05. The van der Waals surface area contributed by atoms with E-state index >= 15 is 0 Å². The first-order valence-electron chi connectivity index (χ1n) is 5.28. The minimum atomic E-state index is 0.297. The summed E-state index contributed by atoms with van der Waals surface area (Å²) in [5, 5.41) is 6.69. The van der Waals surface area contributed by atoms with Crippen LogP contribution < -0.4 is 5.32 Å². The Morgan fingerprint density at radius 1 is 1.25 bits per heavy atom. The summed E-state index contributed by atoms with van der Waals surface area (Å²) in [4.78, 5) is 7.24. The predicted molar refractivity (Wildman–Crippen MR) is 71.5 cm³/mol. The molecule has 4 heteroatoms. The van der Waals surface area contributed by atoms with Crippen LogP contribution in [0.1, 0.15) is 32.1 Å². The summed E-state index contributed by atoms with van der Waals surface area (Å²) in [6.45, 7) is 6.32. The SMILES string of the molecule is CNC(c1sccc1C)c1sc(C)nc1C. The molecule has 1 N–H and O–H groups in total. The second-order valence-corrected chi connectivity index (χ2v) is 6.05. The topological polar surface area (TPSA) is 24.9 Å². The van der Waals surface area contributed by atoms with Crippen molar-refractivity contribution in [3.05, 3.63) is 37.5 Å². The molecule has 0 aliphatic carbocycles. The Balaban J connectivity index is 2.44. The average Bonchev–Trinajstić information content (AvgIpc) is 2.77. The van der Waals surface area contributed by atoms with Crippen molar-refractivity contribution in [1.82, 2.24) is 10.3 Å². The molecule has 0 saturated carbocycles. The van der Waals surface area contributed by atoms with Gasteiger partial charge in [-0.1, -0.05) is 0 Å². The maximum absolute atomic E-state index is 4.50. The number of hydrogen-bond acceptors (Lipinski definition) is 4. The van der Waals surface area contributed by atoms with Crippen LogP contribution in [0.15, 0.2) is 11.4 Å². The van der Waals surface area contributed by atoms with Crippen molar-refractivity contribution < 1.29 is 0 Å². The summed E-state index contributed by atoms with van der Waals surface area (Å²) >= 11 is 3.60. The molecule has 1 atom stereocenters. The Morgan fingerprint density at radius 2 is 2.00 bits per heavy atom. The lowest BCUT2D eigenvalue weighted by molar-refractivity contribution is 0.706. The van der Waals surface area contributed by atoms with Crippen molar-refractivity contribution in [2.24, 2.45) is 0 Å².